The van der Waals surface area contributed by atoms with Crippen LogP contribution in [0.5, 0.6) is 17.2 Å². The number of nitrogens with one attached hydrogen (secondary N) is 1. The summed E-state index contributed by atoms with van der Waals surface area (Å²) in [4.78, 5) is 24.3. The second kappa shape index (κ2) is 12.8. The number of aryl methyl sites for hydroxylation is 1. The van der Waals surface area contributed by atoms with Crippen molar-refractivity contribution < 1.29 is 23.8 Å². The molecular weight excluding hydrogens is 432 g/mol. The summed E-state index contributed by atoms with van der Waals surface area (Å²) in [6.45, 7) is 2.01. The van der Waals surface area contributed by atoms with E-state index in [2.05, 4.69) is 17.5 Å². The van der Waals surface area contributed by atoms with Crippen LogP contribution in [0.15, 0.2) is 77.9 Å². The third-order valence-electron chi connectivity index (χ3n) is 4.91. The summed E-state index contributed by atoms with van der Waals surface area (Å²) < 4.78 is 16.2. The van der Waals surface area contributed by atoms with Crippen molar-refractivity contribution in [2.75, 3.05) is 13.7 Å². The van der Waals surface area contributed by atoms with Gasteiger partial charge in [-0.3, -0.25) is 4.79 Å². The molecule has 3 rings (SSSR count). The third-order valence-corrected chi connectivity index (χ3v) is 4.91. The number of amides is 1. The molecule has 176 valence electrons. The fraction of sp³-hybridized carbons (Fsp3) is 0.222. The summed E-state index contributed by atoms with van der Waals surface area (Å²) in [5.74, 6) is 0.413. The lowest BCUT2D eigenvalue weighted by Crippen LogP contribution is -2.24. The predicted octanol–water partition coefficient (Wildman–Crippen LogP) is 4.79. The molecule has 3 aromatic rings. The molecule has 0 saturated heterocycles. The maximum Gasteiger partial charge on any atom is 0.343 e. The van der Waals surface area contributed by atoms with Crippen LogP contribution < -0.4 is 19.6 Å². The maximum absolute atomic E-state index is 12.3. The number of hydrogen-bond acceptors (Lipinski definition) is 6. The average molecular weight is 461 g/mol. The highest BCUT2D eigenvalue weighted by Gasteiger charge is 2.12. The summed E-state index contributed by atoms with van der Waals surface area (Å²) in [5.41, 5.74) is 4.77. The lowest BCUT2D eigenvalue weighted by Gasteiger charge is -2.10. The van der Waals surface area contributed by atoms with Gasteiger partial charge in [0.05, 0.1) is 18.9 Å². The second-order valence-electron chi connectivity index (χ2n) is 7.50. The van der Waals surface area contributed by atoms with E-state index >= 15 is 0 Å². The highest BCUT2D eigenvalue weighted by atomic mass is 16.6. The number of benzene rings is 3. The minimum Gasteiger partial charge on any atom is -0.493 e. The van der Waals surface area contributed by atoms with E-state index in [-0.39, 0.29) is 18.3 Å². The lowest BCUT2D eigenvalue weighted by atomic mass is 10.1. The highest BCUT2D eigenvalue weighted by Crippen LogP contribution is 2.28. The van der Waals surface area contributed by atoms with Crippen molar-refractivity contribution in [1.29, 1.82) is 0 Å². The first-order valence-electron chi connectivity index (χ1n) is 11.1. The molecule has 0 unspecified atom stereocenters. The number of rotatable bonds is 11. The number of esters is 1. The quantitative estimate of drug-likeness (QED) is 0.193. The number of ether oxygens (including phenoxy) is 3. The summed E-state index contributed by atoms with van der Waals surface area (Å²) in [6.07, 6.45) is 4.80. The van der Waals surface area contributed by atoms with E-state index in [0.717, 1.165) is 19.3 Å². The van der Waals surface area contributed by atoms with Gasteiger partial charge in [0.2, 0.25) is 0 Å². The van der Waals surface area contributed by atoms with Gasteiger partial charge in [0.25, 0.3) is 5.91 Å². The molecule has 0 radical (unpaired) electrons. The average Bonchev–Trinajstić information content (AvgIpc) is 2.88. The number of hydrogen-bond donors (Lipinski definition) is 1. The molecule has 0 fully saturated rings. The van der Waals surface area contributed by atoms with Crippen molar-refractivity contribution in [1.82, 2.24) is 5.43 Å². The Balaban J connectivity index is 1.50. The van der Waals surface area contributed by atoms with Gasteiger partial charge in [0.1, 0.15) is 5.75 Å². The fourth-order valence-corrected chi connectivity index (χ4v) is 3.08. The van der Waals surface area contributed by atoms with Gasteiger partial charge in [-0.1, -0.05) is 43.7 Å². The van der Waals surface area contributed by atoms with E-state index in [0.29, 0.717) is 22.6 Å². The van der Waals surface area contributed by atoms with Crippen molar-refractivity contribution in [2.45, 2.75) is 26.2 Å². The Morgan fingerprint density at radius 2 is 1.74 bits per heavy atom. The standard InChI is InChI=1S/C27H28N2O5/c1-3-4-8-20-11-14-23(15-12-20)33-19-26(30)29-28-18-21-13-16-24(25(17-21)32-2)34-27(31)22-9-6-5-7-10-22/h5-7,9-18H,3-4,8,19H2,1-2H3,(H,29,30)/b28-18-. The second-order valence-corrected chi connectivity index (χ2v) is 7.50. The van der Waals surface area contributed by atoms with Gasteiger partial charge in [-0.15, -0.1) is 0 Å². The Bertz CT molecular complexity index is 1110. The number of hydrazone groups is 1. The SMILES string of the molecule is CCCCc1ccc(OCC(=O)N/N=C\c2ccc(OC(=O)c3ccccc3)c(OC)c2)cc1. The van der Waals surface area contributed by atoms with Gasteiger partial charge in [-0.25, -0.2) is 10.2 Å². The summed E-state index contributed by atoms with van der Waals surface area (Å²) in [6, 6.07) is 21.4. The van der Waals surface area contributed by atoms with Crippen LogP contribution >= 0.6 is 0 Å². The molecule has 0 aliphatic heterocycles. The third kappa shape index (κ3) is 7.48. The normalized spacial score (nSPS) is 10.6. The Morgan fingerprint density at radius 1 is 0.971 bits per heavy atom. The summed E-state index contributed by atoms with van der Waals surface area (Å²) >= 11 is 0. The van der Waals surface area contributed by atoms with Crippen molar-refractivity contribution in [2.24, 2.45) is 5.10 Å². The Labute approximate surface area is 199 Å². The van der Waals surface area contributed by atoms with E-state index in [4.69, 9.17) is 14.2 Å². The molecule has 7 heteroatoms. The molecule has 3 aromatic carbocycles. The molecule has 0 heterocycles. The minimum atomic E-state index is -0.483. The van der Waals surface area contributed by atoms with Gasteiger partial charge in [-0.2, -0.15) is 5.10 Å². The smallest absolute Gasteiger partial charge is 0.343 e. The first-order chi connectivity index (χ1) is 16.6. The molecule has 7 nitrogen and oxygen atoms in total. The van der Waals surface area contributed by atoms with Gasteiger partial charge >= 0.3 is 5.97 Å². The Kier molecular flexibility index (Phi) is 9.22. The molecule has 0 aromatic heterocycles. The molecule has 0 saturated carbocycles. The summed E-state index contributed by atoms with van der Waals surface area (Å²) in [7, 11) is 1.48. The van der Waals surface area contributed by atoms with Gasteiger partial charge in [0.15, 0.2) is 18.1 Å². The molecule has 0 aliphatic rings. The molecule has 34 heavy (non-hydrogen) atoms. The van der Waals surface area contributed by atoms with Crippen molar-refractivity contribution in [3.05, 3.63) is 89.5 Å². The zero-order valence-corrected chi connectivity index (χ0v) is 19.3. The van der Waals surface area contributed by atoms with Crippen LogP contribution in [0.4, 0.5) is 0 Å². The molecule has 1 N–H and O–H groups in total. The zero-order valence-electron chi connectivity index (χ0n) is 19.3. The molecule has 0 bridgehead atoms. The lowest BCUT2D eigenvalue weighted by molar-refractivity contribution is -0.123. The van der Waals surface area contributed by atoms with Crippen LogP contribution in [0.2, 0.25) is 0 Å². The number of unbranched alkanes of at least 4 members (excludes halogenated alkanes) is 1. The van der Waals surface area contributed by atoms with Gasteiger partial charge < -0.3 is 14.2 Å². The zero-order chi connectivity index (χ0) is 24.2. The number of carbonyl (C=O) groups excluding carboxylic acids is 2. The largest absolute Gasteiger partial charge is 0.493 e. The van der Waals surface area contributed by atoms with Crippen LogP contribution in [0.1, 0.15) is 41.3 Å². The van der Waals surface area contributed by atoms with E-state index in [1.54, 1.807) is 42.5 Å². The van der Waals surface area contributed by atoms with Gasteiger partial charge in [0, 0.05) is 0 Å². The monoisotopic (exact) mass is 460 g/mol. The van der Waals surface area contributed by atoms with Crippen LogP contribution in [-0.2, 0) is 11.2 Å². The highest BCUT2D eigenvalue weighted by molar-refractivity contribution is 5.91. The minimum absolute atomic E-state index is 0.149. The van der Waals surface area contributed by atoms with Crippen LogP contribution in [0.3, 0.4) is 0 Å². The topological polar surface area (TPSA) is 86.2 Å². The van der Waals surface area contributed by atoms with E-state index in [1.807, 2.05) is 30.3 Å². The number of nitrogens with zero attached hydrogens (tertiary/aromatic N) is 1. The Morgan fingerprint density at radius 3 is 2.44 bits per heavy atom. The first-order valence-corrected chi connectivity index (χ1v) is 11.1. The summed E-state index contributed by atoms with van der Waals surface area (Å²) in [5, 5.41) is 3.95. The Hall–Kier alpha value is -4.13. The van der Waals surface area contributed by atoms with Crippen molar-refractivity contribution in [3.63, 3.8) is 0 Å². The van der Waals surface area contributed by atoms with Crippen LogP contribution in [-0.4, -0.2) is 31.8 Å². The van der Waals surface area contributed by atoms with Crippen molar-refractivity contribution >= 4 is 18.1 Å². The predicted molar refractivity (Wildman–Crippen MR) is 131 cm³/mol. The van der Waals surface area contributed by atoms with Crippen LogP contribution in [0, 0.1) is 0 Å². The fourth-order valence-electron chi connectivity index (χ4n) is 3.08. The molecular formula is C27H28N2O5. The first kappa shape index (κ1) is 24.5. The molecule has 1 amide bonds. The molecule has 0 aliphatic carbocycles. The molecule has 0 atom stereocenters. The van der Waals surface area contributed by atoms with E-state index in [1.165, 1.54) is 18.9 Å². The van der Waals surface area contributed by atoms with Gasteiger partial charge in [-0.05, 0) is 66.4 Å². The van der Waals surface area contributed by atoms with Crippen molar-refractivity contribution in [3.8, 4) is 17.2 Å². The maximum atomic E-state index is 12.3. The number of methoxy groups -OCH3 is 1. The number of carbonyl (C=O) groups is 2. The van der Waals surface area contributed by atoms with E-state index < -0.39 is 5.97 Å². The van der Waals surface area contributed by atoms with Crippen LogP contribution in [0.25, 0.3) is 0 Å². The van der Waals surface area contributed by atoms with E-state index in [9.17, 15) is 9.59 Å². The molecule has 0 spiro atoms.